The van der Waals surface area contributed by atoms with Crippen molar-refractivity contribution in [3.63, 3.8) is 0 Å². The van der Waals surface area contributed by atoms with E-state index < -0.39 is 11.6 Å². The molecule has 1 N–H and O–H groups in total. The van der Waals surface area contributed by atoms with E-state index in [9.17, 15) is 8.78 Å². The van der Waals surface area contributed by atoms with E-state index in [-0.39, 0.29) is 17.8 Å². The van der Waals surface area contributed by atoms with Crippen LogP contribution in [-0.4, -0.2) is 13.1 Å². The van der Waals surface area contributed by atoms with E-state index in [1.54, 1.807) is 12.1 Å². The van der Waals surface area contributed by atoms with Crippen LogP contribution in [-0.2, 0) is 0 Å². The number of halogens is 4. The molecular formula is C16H13Cl2F2NO. The van der Waals surface area contributed by atoms with Gasteiger partial charge in [-0.1, -0.05) is 29.3 Å². The first-order valence-electron chi connectivity index (χ1n) is 6.82. The molecule has 0 saturated carbocycles. The smallest absolute Gasteiger partial charge is 0.162 e. The largest absolute Gasteiger partial charge is 0.485 e. The molecule has 0 amide bonds. The summed E-state index contributed by atoms with van der Waals surface area (Å²) in [5.74, 6) is -1.33. The van der Waals surface area contributed by atoms with E-state index >= 15 is 0 Å². The fourth-order valence-electron chi connectivity index (χ4n) is 2.35. The zero-order valence-corrected chi connectivity index (χ0v) is 13.0. The summed E-state index contributed by atoms with van der Waals surface area (Å²) in [5, 5.41) is 4.07. The Kier molecular flexibility index (Phi) is 4.52. The van der Waals surface area contributed by atoms with Gasteiger partial charge in [-0.05, 0) is 29.8 Å². The third-order valence-electron chi connectivity index (χ3n) is 3.67. The van der Waals surface area contributed by atoms with Crippen LogP contribution in [0.4, 0.5) is 8.78 Å². The van der Waals surface area contributed by atoms with Gasteiger partial charge in [-0.3, -0.25) is 0 Å². The Balaban J connectivity index is 1.89. The standard InChI is InChI=1S/C16H13Cl2F2NO/c17-12-3-1-9(5-13(12)18)16(10-7-21-8-10)22-11-2-4-14(19)15(20)6-11/h1-6,10,16,21H,7-8H2/t16-/m0/s1. The van der Waals surface area contributed by atoms with Crippen LogP contribution in [0.2, 0.25) is 10.0 Å². The second-order valence-corrected chi connectivity index (χ2v) is 6.02. The Morgan fingerprint density at radius 3 is 2.36 bits per heavy atom. The van der Waals surface area contributed by atoms with Crippen molar-refractivity contribution < 1.29 is 13.5 Å². The Morgan fingerprint density at radius 1 is 1.00 bits per heavy atom. The summed E-state index contributed by atoms with van der Waals surface area (Å²) in [7, 11) is 0. The minimum atomic E-state index is -0.933. The Bertz CT molecular complexity index is 692. The van der Waals surface area contributed by atoms with Crippen molar-refractivity contribution in [1.82, 2.24) is 5.32 Å². The average molecular weight is 344 g/mol. The van der Waals surface area contributed by atoms with Crippen LogP contribution < -0.4 is 10.1 Å². The molecular weight excluding hydrogens is 331 g/mol. The zero-order valence-electron chi connectivity index (χ0n) is 11.5. The Morgan fingerprint density at radius 2 is 1.77 bits per heavy atom. The summed E-state index contributed by atoms with van der Waals surface area (Å²) in [6.07, 6.45) is -0.305. The minimum Gasteiger partial charge on any atom is -0.485 e. The highest BCUT2D eigenvalue weighted by Gasteiger charge is 2.30. The molecule has 2 aromatic rings. The van der Waals surface area contributed by atoms with Crippen molar-refractivity contribution in [3.05, 3.63) is 63.6 Å². The molecule has 0 radical (unpaired) electrons. The van der Waals surface area contributed by atoms with Gasteiger partial charge in [-0.2, -0.15) is 0 Å². The molecule has 2 nitrogen and oxygen atoms in total. The highest BCUT2D eigenvalue weighted by atomic mass is 35.5. The van der Waals surface area contributed by atoms with Crippen LogP contribution >= 0.6 is 23.2 Å². The molecule has 1 fully saturated rings. The van der Waals surface area contributed by atoms with Gasteiger partial charge in [0.05, 0.1) is 10.0 Å². The van der Waals surface area contributed by atoms with Crippen molar-refractivity contribution in [2.45, 2.75) is 6.10 Å². The quantitative estimate of drug-likeness (QED) is 0.875. The summed E-state index contributed by atoms with van der Waals surface area (Å²) >= 11 is 12.0. The van der Waals surface area contributed by atoms with Crippen LogP contribution in [0.3, 0.4) is 0 Å². The number of benzene rings is 2. The van der Waals surface area contributed by atoms with Gasteiger partial charge in [0, 0.05) is 25.1 Å². The number of ether oxygens (including phenoxy) is 1. The maximum atomic E-state index is 13.3. The maximum absolute atomic E-state index is 13.3. The van der Waals surface area contributed by atoms with Crippen LogP contribution in [0, 0.1) is 17.6 Å². The first-order valence-corrected chi connectivity index (χ1v) is 7.57. The first kappa shape index (κ1) is 15.5. The zero-order chi connectivity index (χ0) is 15.7. The summed E-state index contributed by atoms with van der Waals surface area (Å²) < 4.78 is 32.2. The topological polar surface area (TPSA) is 21.3 Å². The third-order valence-corrected chi connectivity index (χ3v) is 4.41. The number of hydrogen-bond acceptors (Lipinski definition) is 2. The molecule has 0 aliphatic carbocycles. The van der Waals surface area contributed by atoms with Gasteiger partial charge in [-0.15, -0.1) is 0 Å². The van der Waals surface area contributed by atoms with Crippen LogP contribution in [0.5, 0.6) is 5.75 Å². The lowest BCUT2D eigenvalue weighted by atomic mass is 9.91. The van der Waals surface area contributed by atoms with Crippen molar-refractivity contribution in [1.29, 1.82) is 0 Å². The van der Waals surface area contributed by atoms with Gasteiger partial charge in [0.15, 0.2) is 11.6 Å². The third kappa shape index (κ3) is 3.19. The molecule has 0 bridgehead atoms. The van der Waals surface area contributed by atoms with Gasteiger partial charge in [0.1, 0.15) is 11.9 Å². The molecule has 0 aromatic heterocycles. The van der Waals surface area contributed by atoms with Gasteiger partial charge >= 0.3 is 0 Å². The van der Waals surface area contributed by atoms with Gasteiger partial charge in [-0.25, -0.2) is 8.78 Å². The summed E-state index contributed by atoms with van der Waals surface area (Å²) in [4.78, 5) is 0. The predicted molar refractivity (Wildman–Crippen MR) is 82.5 cm³/mol. The molecule has 1 aliphatic rings. The van der Waals surface area contributed by atoms with Crippen molar-refractivity contribution in [2.75, 3.05) is 13.1 Å². The molecule has 0 spiro atoms. The Labute approximate surface area is 137 Å². The fourth-order valence-corrected chi connectivity index (χ4v) is 2.65. The Hall–Kier alpha value is -1.36. The van der Waals surface area contributed by atoms with E-state index in [0.717, 1.165) is 30.8 Å². The van der Waals surface area contributed by atoms with E-state index in [1.807, 2.05) is 6.07 Å². The second kappa shape index (κ2) is 6.41. The fraction of sp³-hybridized carbons (Fsp3) is 0.250. The molecule has 2 aromatic carbocycles. The molecule has 1 aliphatic heterocycles. The van der Waals surface area contributed by atoms with Gasteiger partial charge in [0.2, 0.25) is 0 Å². The van der Waals surface area contributed by atoms with Crippen molar-refractivity contribution in [2.24, 2.45) is 5.92 Å². The highest BCUT2D eigenvalue weighted by molar-refractivity contribution is 6.42. The lowest BCUT2D eigenvalue weighted by molar-refractivity contribution is 0.0988. The van der Waals surface area contributed by atoms with Gasteiger partial charge < -0.3 is 10.1 Å². The molecule has 1 heterocycles. The lowest BCUT2D eigenvalue weighted by Gasteiger charge is -2.35. The van der Waals surface area contributed by atoms with E-state index in [2.05, 4.69) is 5.32 Å². The van der Waals surface area contributed by atoms with E-state index in [4.69, 9.17) is 27.9 Å². The van der Waals surface area contributed by atoms with Crippen molar-refractivity contribution >= 4 is 23.2 Å². The maximum Gasteiger partial charge on any atom is 0.162 e. The lowest BCUT2D eigenvalue weighted by Crippen LogP contribution is -2.46. The van der Waals surface area contributed by atoms with Gasteiger partial charge in [0.25, 0.3) is 0 Å². The minimum absolute atomic E-state index is 0.227. The molecule has 1 atom stereocenters. The first-order chi connectivity index (χ1) is 10.5. The molecule has 22 heavy (non-hydrogen) atoms. The second-order valence-electron chi connectivity index (χ2n) is 5.21. The normalized spacial score (nSPS) is 16.2. The molecule has 116 valence electrons. The van der Waals surface area contributed by atoms with E-state index in [1.165, 1.54) is 6.07 Å². The van der Waals surface area contributed by atoms with Crippen molar-refractivity contribution in [3.8, 4) is 5.75 Å². The number of rotatable bonds is 4. The molecule has 0 unspecified atom stereocenters. The predicted octanol–water partition coefficient (Wildman–Crippen LogP) is 4.61. The van der Waals surface area contributed by atoms with E-state index in [0.29, 0.717) is 10.0 Å². The van der Waals surface area contributed by atoms with Crippen LogP contribution in [0.15, 0.2) is 36.4 Å². The SMILES string of the molecule is Fc1ccc(O[C@@H](c2ccc(Cl)c(Cl)c2)C2CNC2)cc1F. The molecule has 3 rings (SSSR count). The summed E-state index contributed by atoms with van der Waals surface area (Å²) in [6, 6.07) is 8.79. The summed E-state index contributed by atoms with van der Waals surface area (Å²) in [6.45, 7) is 1.57. The number of nitrogens with one attached hydrogen (secondary N) is 1. The molecule has 1 saturated heterocycles. The number of hydrogen-bond donors (Lipinski definition) is 1. The average Bonchev–Trinajstić information content (AvgIpc) is 2.43. The monoisotopic (exact) mass is 343 g/mol. The van der Waals surface area contributed by atoms with Crippen LogP contribution in [0.1, 0.15) is 11.7 Å². The van der Waals surface area contributed by atoms with Crippen LogP contribution in [0.25, 0.3) is 0 Å². The molecule has 6 heteroatoms. The highest BCUT2D eigenvalue weighted by Crippen LogP contribution is 2.34. The summed E-state index contributed by atoms with van der Waals surface area (Å²) in [5.41, 5.74) is 0.852.